The molecule has 1 atom stereocenters. The predicted octanol–water partition coefficient (Wildman–Crippen LogP) is 0.291. The molecule has 0 aliphatic heterocycles. The minimum atomic E-state index is -0.347. The van der Waals surface area contributed by atoms with Crippen molar-refractivity contribution in [1.29, 1.82) is 0 Å². The molecule has 0 aromatic heterocycles. The van der Waals surface area contributed by atoms with Crippen molar-refractivity contribution in [1.82, 2.24) is 4.90 Å². The molecular weight excluding hydrogens is 208 g/mol. The second kappa shape index (κ2) is 7.97. The number of rotatable bonds is 9. The maximum Gasteiger partial charge on any atom is 0.176 e. The van der Waals surface area contributed by atoms with Crippen molar-refractivity contribution in [2.24, 2.45) is 5.73 Å². The molecule has 0 aromatic rings. The Kier molecular flexibility index (Phi) is 7.87. The molecule has 0 saturated carbocycles. The van der Waals surface area contributed by atoms with E-state index in [1.165, 1.54) is 0 Å². The summed E-state index contributed by atoms with van der Waals surface area (Å²) in [4.78, 5) is 2.11. The highest BCUT2D eigenvalue weighted by Crippen LogP contribution is 2.19. The topological polar surface area (TPSA) is 57.0 Å². The molecule has 0 heterocycles. The van der Waals surface area contributed by atoms with Gasteiger partial charge in [0.25, 0.3) is 0 Å². The van der Waals surface area contributed by atoms with Crippen LogP contribution in [0.4, 0.5) is 0 Å². The lowest BCUT2D eigenvalue weighted by Crippen LogP contribution is -2.59. The SMILES string of the molecule is CCOCCN(C)C(C)(CN)C(OC)OC. The van der Waals surface area contributed by atoms with Crippen LogP contribution in [0.15, 0.2) is 0 Å². The Morgan fingerprint density at radius 3 is 2.25 bits per heavy atom. The minimum absolute atomic E-state index is 0.343. The fraction of sp³-hybridized carbons (Fsp3) is 1.00. The maximum atomic E-state index is 5.82. The molecule has 16 heavy (non-hydrogen) atoms. The van der Waals surface area contributed by atoms with Crippen molar-refractivity contribution < 1.29 is 14.2 Å². The molecule has 0 aliphatic carbocycles. The van der Waals surface area contributed by atoms with Crippen LogP contribution in [0.2, 0.25) is 0 Å². The van der Waals surface area contributed by atoms with Gasteiger partial charge in [-0.3, -0.25) is 4.90 Å². The lowest BCUT2D eigenvalue weighted by molar-refractivity contribution is -0.178. The van der Waals surface area contributed by atoms with E-state index >= 15 is 0 Å². The molecule has 1 unspecified atom stereocenters. The lowest BCUT2D eigenvalue weighted by Gasteiger charge is -2.42. The van der Waals surface area contributed by atoms with Crippen LogP contribution in [-0.2, 0) is 14.2 Å². The molecule has 98 valence electrons. The van der Waals surface area contributed by atoms with Gasteiger partial charge < -0.3 is 19.9 Å². The van der Waals surface area contributed by atoms with Gasteiger partial charge in [0.2, 0.25) is 0 Å². The molecule has 0 rings (SSSR count). The minimum Gasteiger partial charge on any atom is -0.380 e. The van der Waals surface area contributed by atoms with Gasteiger partial charge in [-0.2, -0.15) is 0 Å². The van der Waals surface area contributed by atoms with Gasteiger partial charge >= 0.3 is 0 Å². The van der Waals surface area contributed by atoms with Crippen molar-refractivity contribution in [3.05, 3.63) is 0 Å². The lowest BCUT2D eigenvalue weighted by atomic mass is 9.99. The molecule has 5 nitrogen and oxygen atoms in total. The fourth-order valence-corrected chi connectivity index (χ4v) is 1.64. The highest BCUT2D eigenvalue weighted by atomic mass is 16.7. The molecule has 0 spiro atoms. The number of methoxy groups -OCH3 is 2. The van der Waals surface area contributed by atoms with Crippen LogP contribution in [0.3, 0.4) is 0 Å². The van der Waals surface area contributed by atoms with E-state index in [-0.39, 0.29) is 11.8 Å². The standard InChI is InChI=1S/C11H26N2O3/c1-6-16-8-7-13(3)11(2,9-12)10(14-4)15-5/h10H,6-9,12H2,1-5H3. The van der Waals surface area contributed by atoms with E-state index < -0.39 is 0 Å². The van der Waals surface area contributed by atoms with Gasteiger partial charge in [-0.25, -0.2) is 0 Å². The van der Waals surface area contributed by atoms with E-state index in [9.17, 15) is 0 Å². The van der Waals surface area contributed by atoms with Gasteiger partial charge in [0, 0.05) is 33.9 Å². The zero-order valence-electron chi connectivity index (χ0n) is 11.2. The summed E-state index contributed by atoms with van der Waals surface area (Å²) in [6, 6.07) is 0. The zero-order valence-corrected chi connectivity index (χ0v) is 11.2. The number of likely N-dealkylation sites (N-methyl/N-ethyl adjacent to an activating group) is 1. The van der Waals surface area contributed by atoms with Crippen molar-refractivity contribution in [2.75, 3.05) is 47.6 Å². The van der Waals surface area contributed by atoms with Crippen LogP contribution < -0.4 is 5.73 Å². The summed E-state index contributed by atoms with van der Waals surface area (Å²) < 4.78 is 15.9. The summed E-state index contributed by atoms with van der Waals surface area (Å²) in [6.45, 7) is 6.67. The second-order valence-corrected chi connectivity index (χ2v) is 3.98. The van der Waals surface area contributed by atoms with Gasteiger partial charge in [-0.15, -0.1) is 0 Å². The van der Waals surface area contributed by atoms with Crippen LogP contribution in [0.1, 0.15) is 13.8 Å². The first-order valence-electron chi connectivity index (χ1n) is 5.61. The molecule has 2 N–H and O–H groups in total. The Hall–Kier alpha value is -0.200. The number of nitrogens with zero attached hydrogens (tertiary/aromatic N) is 1. The Morgan fingerprint density at radius 1 is 1.31 bits per heavy atom. The van der Waals surface area contributed by atoms with Gasteiger partial charge in [0.1, 0.15) is 0 Å². The third-order valence-corrected chi connectivity index (χ3v) is 3.00. The van der Waals surface area contributed by atoms with Crippen LogP contribution in [0, 0.1) is 0 Å². The smallest absolute Gasteiger partial charge is 0.176 e. The van der Waals surface area contributed by atoms with Gasteiger partial charge in [-0.05, 0) is 20.9 Å². The van der Waals surface area contributed by atoms with Crippen LogP contribution in [0.25, 0.3) is 0 Å². The first-order valence-corrected chi connectivity index (χ1v) is 5.61. The molecular formula is C11H26N2O3. The average molecular weight is 234 g/mol. The Balaban J connectivity index is 4.41. The first kappa shape index (κ1) is 15.8. The average Bonchev–Trinajstić information content (AvgIpc) is 2.30. The Morgan fingerprint density at radius 2 is 1.88 bits per heavy atom. The summed E-state index contributed by atoms with van der Waals surface area (Å²) in [7, 11) is 5.24. The normalized spacial score (nSPS) is 15.8. The van der Waals surface area contributed by atoms with E-state index in [0.29, 0.717) is 13.2 Å². The summed E-state index contributed by atoms with van der Waals surface area (Å²) >= 11 is 0. The van der Waals surface area contributed by atoms with E-state index in [1.807, 2.05) is 20.9 Å². The van der Waals surface area contributed by atoms with Crippen LogP contribution >= 0.6 is 0 Å². The van der Waals surface area contributed by atoms with Gasteiger partial charge in [0.15, 0.2) is 6.29 Å². The van der Waals surface area contributed by atoms with Crippen molar-refractivity contribution in [2.45, 2.75) is 25.7 Å². The third-order valence-electron chi connectivity index (χ3n) is 3.00. The molecule has 5 heteroatoms. The Bertz CT molecular complexity index is 177. The number of hydrogen-bond donors (Lipinski definition) is 1. The molecule has 0 aliphatic rings. The molecule has 0 aromatic carbocycles. The van der Waals surface area contributed by atoms with E-state index in [1.54, 1.807) is 14.2 Å². The summed E-state index contributed by atoms with van der Waals surface area (Å²) in [5.74, 6) is 0. The molecule has 0 amide bonds. The number of hydrogen-bond acceptors (Lipinski definition) is 5. The molecule has 0 fully saturated rings. The van der Waals surface area contributed by atoms with Crippen molar-refractivity contribution >= 4 is 0 Å². The zero-order chi connectivity index (χ0) is 12.6. The van der Waals surface area contributed by atoms with E-state index in [2.05, 4.69) is 4.90 Å². The third kappa shape index (κ3) is 3.99. The predicted molar refractivity (Wildman–Crippen MR) is 64.4 cm³/mol. The van der Waals surface area contributed by atoms with Crippen LogP contribution in [-0.4, -0.2) is 64.3 Å². The number of ether oxygens (including phenoxy) is 3. The summed E-state index contributed by atoms with van der Waals surface area (Å²) in [6.07, 6.45) is -0.343. The van der Waals surface area contributed by atoms with E-state index in [4.69, 9.17) is 19.9 Å². The monoisotopic (exact) mass is 234 g/mol. The van der Waals surface area contributed by atoms with Crippen molar-refractivity contribution in [3.63, 3.8) is 0 Å². The highest BCUT2D eigenvalue weighted by molar-refractivity contribution is 4.89. The highest BCUT2D eigenvalue weighted by Gasteiger charge is 2.37. The fourth-order valence-electron chi connectivity index (χ4n) is 1.64. The summed E-state index contributed by atoms with van der Waals surface area (Å²) in [5, 5.41) is 0. The quantitative estimate of drug-likeness (QED) is 0.459. The summed E-state index contributed by atoms with van der Waals surface area (Å²) in [5.41, 5.74) is 5.48. The number of nitrogens with two attached hydrogens (primary N) is 1. The first-order chi connectivity index (χ1) is 7.56. The second-order valence-electron chi connectivity index (χ2n) is 3.98. The van der Waals surface area contributed by atoms with Crippen LogP contribution in [0.5, 0.6) is 0 Å². The van der Waals surface area contributed by atoms with Crippen molar-refractivity contribution in [3.8, 4) is 0 Å². The Labute approximate surface area is 98.8 Å². The molecule has 0 bridgehead atoms. The van der Waals surface area contributed by atoms with Gasteiger partial charge in [0.05, 0.1) is 12.1 Å². The maximum absolute atomic E-state index is 5.82. The molecule has 0 radical (unpaired) electrons. The molecule has 0 saturated heterocycles. The largest absolute Gasteiger partial charge is 0.380 e. The van der Waals surface area contributed by atoms with Gasteiger partial charge in [-0.1, -0.05) is 0 Å². The van der Waals surface area contributed by atoms with E-state index in [0.717, 1.165) is 13.2 Å².